The predicted octanol–water partition coefficient (Wildman–Crippen LogP) is 5.35. The molecule has 10 nitrogen and oxygen atoms in total. The highest BCUT2D eigenvalue weighted by Crippen LogP contribution is 2.39. The highest BCUT2D eigenvalue weighted by molar-refractivity contribution is 6.19. The molecular weight excluding hydrogens is 617 g/mol. The summed E-state index contributed by atoms with van der Waals surface area (Å²) < 4.78 is 12.6. The van der Waals surface area contributed by atoms with Gasteiger partial charge in [-0.2, -0.15) is 0 Å². The number of aryl methyl sites for hydroxylation is 1. The Morgan fingerprint density at radius 2 is 1.76 bits per heavy atom. The van der Waals surface area contributed by atoms with Crippen molar-refractivity contribution in [2.45, 2.75) is 53.9 Å². The first kappa shape index (κ1) is 35.8. The fourth-order valence-electron chi connectivity index (χ4n) is 5.69. The van der Waals surface area contributed by atoms with Crippen LogP contribution in [0.3, 0.4) is 0 Å². The topological polar surface area (TPSA) is 101 Å². The van der Waals surface area contributed by atoms with Crippen LogP contribution in [0.4, 0.5) is 11.4 Å². The van der Waals surface area contributed by atoms with Crippen LogP contribution in [-0.4, -0.2) is 53.5 Å². The number of pyridine rings is 2. The molecule has 1 aromatic carbocycles. The highest BCUT2D eigenvalue weighted by Gasteiger charge is 2.45. The standard InChI is InChI=1S/C33H39N5O5.2ClH/c1-7-38-27-9-8-23(16-28(27)35(5)31(40)33(3,4)32(38)41)19-36(20-24-18-34-12-10-22(24)2)14-15-37-13-11-29-26(30(37)39)17-25(43-29)21-42-6;;/h8-13,16-18H,7,14-15,19-21H2,1-6H3;2*1H. The number of methoxy groups -OCH3 is 1. The minimum atomic E-state index is -1.17. The number of nitrogens with zero attached hydrogens (tertiary/aromatic N) is 5. The number of fused-ring (bicyclic) bond motifs is 2. The van der Waals surface area contributed by atoms with E-state index in [-0.39, 0.29) is 42.2 Å². The van der Waals surface area contributed by atoms with Crippen LogP contribution >= 0.6 is 24.8 Å². The molecule has 0 saturated carbocycles. The van der Waals surface area contributed by atoms with Gasteiger partial charge in [-0.1, -0.05) is 6.07 Å². The quantitative estimate of drug-likeness (QED) is 0.212. The molecule has 3 aromatic heterocycles. The largest absolute Gasteiger partial charge is 0.458 e. The molecule has 0 unspecified atom stereocenters. The van der Waals surface area contributed by atoms with Gasteiger partial charge in [-0.25, -0.2) is 0 Å². The van der Waals surface area contributed by atoms with Gasteiger partial charge in [-0.05, 0) is 74.7 Å². The van der Waals surface area contributed by atoms with Gasteiger partial charge in [0.25, 0.3) is 5.56 Å². The van der Waals surface area contributed by atoms with Gasteiger partial charge in [0, 0.05) is 65.5 Å². The van der Waals surface area contributed by atoms with Crippen molar-refractivity contribution in [1.29, 1.82) is 0 Å². The third-order valence-corrected chi connectivity index (χ3v) is 8.23. The van der Waals surface area contributed by atoms with Crippen LogP contribution in [0, 0.1) is 12.3 Å². The first-order valence-corrected chi connectivity index (χ1v) is 14.5. The Balaban J connectivity index is 0.00000276. The van der Waals surface area contributed by atoms with E-state index in [0.29, 0.717) is 61.7 Å². The highest BCUT2D eigenvalue weighted by atomic mass is 35.5. The molecule has 0 aliphatic carbocycles. The number of halogens is 2. The molecule has 0 N–H and O–H groups in total. The Bertz CT molecular complexity index is 1730. The lowest BCUT2D eigenvalue weighted by Crippen LogP contribution is -2.47. The molecule has 242 valence electrons. The molecule has 4 aromatic rings. The Morgan fingerprint density at radius 3 is 2.44 bits per heavy atom. The van der Waals surface area contributed by atoms with Crippen molar-refractivity contribution >= 4 is 59.0 Å². The van der Waals surface area contributed by atoms with Gasteiger partial charge < -0.3 is 23.5 Å². The molecule has 2 amide bonds. The first-order valence-electron chi connectivity index (χ1n) is 14.5. The molecule has 1 aliphatic heterocycles. The van der Waals surface area contributed by atoms with Crippen LogP contribution in [-0.2, 0) is 40.6 Å². The monoisotopic (exact) mass is 657 g/mol. The molecule has 5 rings (SSSR count). The number of rotatable bonds is 10. The lowest BCUT2D eigenvalue weighted by molar-refractivity contribution is -0.137. The minimum absolute atomic E-state index is 0. The summed E-state index contributed by atoms with van der Waals surface area (Å²) >= 11 is 0. The number of carbonyl (C=O) groups is 2. The Labute approximate surface area is 275 Å². The Hall–Kier alpha value is -3.70. The Kier molecular flexibility index (Phi) is 11.6. The molecule has 0 spiro atoms. The SMILES string of the molecule is CCN1C(=O)C(C)(C)C(=O)N(C)c2cc(CN(CCn3ccc4oc(COC)cc4c3=O)Cc3cnccc3C)ccc21.Cl.Cl. The molecule has 0 atom stereocenters. The zero-order valence-corrected chi connectivity index (χ0v) is 28.2. The summed E-state index contributed by atoms with van der Waals surface area (Å²) in [4.78, 5) is 49.8. The van der Waals surface area contributed by atoms with Crippen LogP contribution in [0.2, 0.25) is 0 Å². The number of hydrogen-bond donors (Lipinski definition) is 0. The van der Waals surface area contributed by atoms with Gasteiger partial charge >= 0.3 is 0 Å². The van der Waals surface area contributed by atoms with Crippen molar-refractivity contribution in [3.63, 3.8) is 0 Å². The number of benzene rings is 1. The van der Waals surface area contributed by atoms with Crippen molar-refractivity contribution in [2.75, 3.05) is 37.0 Å². The summed E-state index contributed by atoms with van der Waals surface area (Å²) in [6.45, 7) is 10.3. The second-order valence-electron chi connectivity index (χ2n) is 11.6. The number of carbonyl (C=O) groups excluding carboxylic acids is 2. The molecule has 45 heavy (non-hydrogen) atoms. The lowest BCUT2D eigenvalue weighted by Gasteiger charge is -2.27. The van der Waals surface area contributed by atoms with Gasteiger partial charge in [0.2, 0.25) is 11.8 Å². The average Bonchev–Trinajstić information content (AvgIpc) is 3.39. The van der Waals surface area contributed by atoms with E-state index < -0.39 is 5.41 Å². The summed E-state index contributed by atoms with van der Waals surface area (Å²) in [5.41, 5.74) is 3.91. The van der Waals surface area contributed by atoms with Crippen molar-refractivity contribution in [2.24, 2.45) is 5.41 Å². The van der Waals surface area contributed by atoms with E-state index in [1.165, 1.54) is 0 Å². The third kappa shape index (κ3) is 7.09. The van der Waals surface area contributed by atoms with E-state index in [2.05, 4.69) is 16.8 Å². The summed E-state index contributed by atoms with van der Waals surface area (Å²) in [5, 5.41) is 0.528. The van der Waals surface area contributed by atoms with Gasteiger partial charge in [-0.3, -0.25) is 24.3 Å². The van der Waals surface area contributed by atoms with Crippen LogP contribution in [0.5, 0.6) is 0 Å². The molecule has 0 bridgehead atoms. The number of furan rings is 1. The zero-order valence-electron chi connectivity index (χ0n) is 26.5. The molecular formula is C33H41Cl2N5O5. The van der Waals surface area contributed by atoms with E-state index >= 15 is 0 Å². The van der Waals surface area contributed by atoms with E-state index in [1.807, 2.05) is 43.5 Å². The van der Waals surface area contributed by atoms with Gasteiger partial charge in [0.15, 0.2) is 0 Å². The fourth-order valence-corrected chi connectivity index (χ4v) is 5.69. The molecule has 0 saturated heterocycles. The van der Waals surface area contributed by atoms with E-state index in [9.17, 15) is 14.4 Å². The maximum Gasteiger partial charge on any atom is 0.261 e. The molecule has 0 fully saturated rings. The first-order chi connectivity index (χ1) is 20.5. The number of ether oxygens (including phenoxy) is 1. The Morgan fingerprint density at radius 1 is 1.00 bits per heavy atom. The third-order valence-electron chi connectivity index (χ3n) is 8.23. The fraction of sp³-hybridized carbons (Fsp3) is 0.394. The zero-order chi connectivity index (χ0) is 30.9. The van der Waals surface area contributed by atoms with Crippen molar-refractivity contribution in [1.82, 2.24) is 14.5 Å². The van der Waals surface area contributed by atoms with Gasteiger partial charge in [0.1, 0.15) is 23.4 Å². The van der Waals surface area contributed by atoms with Crippen molar-refractivity contribution in [3.8, 4) is 0 Å². The maximum atomic E-state index is 13.4. The lowest BCUT2D eigenvalue weighted by atomic mass is 9.90. The van der Waals surface area contributed by atoms with Crippen molar-refractivity contribution < 1.29 is 18.7 Å². The van der Waals surface area contributed by atoms with E-state index in [0.717, 1.165) is 22.4 Å². The summed E-state index contributed by atoms with van der Waals surface area (Å²) in [6.07, 6.45) is 5.42. The second-order valence-corrected chi connectivity index (χ2v) is 11.6. The maximum absolute atomic E-state index is 13.4. The molecule has 1 aliphatic rings. The number of amides is 2. The smallest absolute Gasteiger partial charge is 0.261 e. The molecule has 12 heteroatoms. The summed E-state index contributed by atoms with van der Waals surface area (Å²) in [6, 6.07) is 11.5. The second kappa shape index (κ2) is 14.6. The van der Waals surface area contributed by atoms with E-state index in [4.69, 9.17) is 9.15 Å². The number of anilines is 2. The number of hydrogen-bond acceptors (Lipinski definition) is 7. The van der Waals surface area contributed by atoms with Crippen molar-refractivity contribution in [3.05, 3.63) is 87.8 Å². The summed E-state index contributed by atoms with van der Waals surface area (Å²) in [5.74, 6) is 0.165. The molecule has 0 radical (unpaired) electrons. The van der Waals surface area contributed by atoms with Gasteiger partial charge in [0.05, 0.1) is 16.8 Å². The van der Waals surface area contributed by atoms with Gasteiger partial charge in [-0.15, -0.1) is 24.8 Å². The van der Waals surface area contributed by atoms with Crippen LogP contribution < -0.4 is 15.4 Å². The van der Waals surface area contributed by atoms with E-state index in [1.54, 1.807) is 60.8 Å². The van der Waals surface area contributed by atoms with Crippen LogP contribution in [0.25, 0.3) is 11.0 Å². The number of aromatic nitrogens is 2. The normalized spacial score (nSPS) is 14.3. The average molecular weight is 659 g/mol. The minimum Gasteiger partial charge on any atom is -0.458 e. The summed E-state index contributed by atoms with van der Waals surface area (Å²) in [7, 11) is 3.32. The van der Waals surface area contributed by atoms with Crippen LogP contribution in [0.15, 0.2) is 64.2 Å². The molecule has 4 heterocycles. The van der Waals surface area contributed by atoms with Crippen LogP contribution in [0.1, 0.15) is 43.2 Å². The predicted molar refractivity (Wildman–Crippen MR) is 180 cm³/mol.